The number of carboxylic acid groups (broad SMARTS) is 1. The molecule has 0 aliphatic carbocycles. The number of aromatic carboxylic acids is 1. The van der Waals surface area contributed by atoms with E-state index in [1.165, 1.54) is 29.2 Å². The summed E-state index contributed by atoms with van der Waals surface area (Å²) in [5.41, 5.74) is 0.587. The van der Waals surface area contributed by atoms with Crippen molar-refractivity contribution in [3.8, 4) is 0 Å². The van der Waals surface area contributed by atoms with Gasteiger partial charge in [0, 0.05) is 38.3 Å². The van der Waals surface area contributed by atoms with Gasteiger partial charge in [-0.2, -0.15) is 4.31 Å². The molecule has 2 aromatic rings. The van der Waals surface area contributed by atoms with Crippen LogP contribution in [-0.2, 0) is 16.6 Å². The van der Waals surface area contributed by atoms with Crippen LogP contribution in [0.5, 0.6) is 0 Å². The molecule has 0 atom stereocenters. The van der Waals surface area contributed by atoms with E-state index >= 15 is 0 Å². The smallest absolute Gasteiger partial charge is 0.372 e. The van der Waals surface area contributed by atoms with Gasteiger partial charge in [0.2, 0.25) is 15.8 Å². The molecule has 8 nitrogen and oxygen atoms in total. The minimum atomic E-state index is -3.53. The van der Waals surface area contributed by atoms with E-state index in [0.717, 1.165) is 0 Å². The molecule has 1 fully saturated rings. The standard InChI is InChI=1S/C14H16N2O6S/c17-14(18)13-11(1-8-22-13)9-15-3-5-16(6-4-15)23(19,20)12-2-7-21-10-12/h1-2,7-8,10H,3-6,9H2,(H,17,18). The van der Waals surface area contributed by atoms with Crippen molar-refractivity contribution >= 4 is 16.0 Å². The third-order valence-electron chi connectivity index (χ3n) is 3.80. The van der Waals surface area contributed by atoms with Crippen molar-refractivity contribution in [2.24, 2.45) is 0 Å². The van der Waals surface area contributed by atoms with E-state index in [2.05, 4.69) is 0 Å². The third-order valence-corrected chi connectivity index (χ3v) is 5.67. The van der Waals surface area contributed by atoms with Crippen LogP contribution in [0.15, 0.2) is 44.7 Å². The summed E-state index contributed by atoms with van der Waals surface area (Å²) < 4.78 is 35.9. The molecule has 0 spiro atoms. The van der Waals surface area contributed by atoms with Gasteiger partial charge in [-0.1, -0.05) is 0 Å². The van der Waals surface area contributed by atoms with Gasteiger partial charge in [-0.25, -0.2) is 13.2 Å². The number of carbonyl (C=O) groups is 1. The molecular formula is C14H16N2O6S. The molecule has 0 saturated carbocycles. The number of hydrogen-bond acceptors (Lipinski definition) is 6. The molecule has 1 N–H and O–H groups in total. The zero-order chi connectivity index (χ0) is 16.4. The van der Waals surface area contributed by atoms with Gasteiger partial charge in [-0.3, -0.25) is 4.90 Å². The van der Waals surface area contributed by atoms with Gasteiger partial charge >= 0.3 is 5.97 Å². The monoisotopic (exact) mass is 340 g/mol. The number of sulfonamides is 1. The third kappa shape index (κ3) is 3.16. The van der Waals surface area contributed by atoms with Gasteiger partial charge in [-0.05, 0) is 12.1 Å². The molecule has 0 radical (unpaired) electrons. The van der Waals surface area contributed by atoms with E-state index in [1.54, 1.807) is 6.07 Å². The molecule has 0 bridgehead atoms. The molecule has 1 aliphatic heterocycles. The highest BCUT2D eigenvalue weighted by atomic mass is 32.2. The predicted octanol–water partition coefficient (Wildman–Crippen LogP) is 1.08. The summed E-state index contributed by atoms with van der Waals surface area (Å²) in [5.74, 6) is -1.18. The number of piperazine rings is 1. The summed E-state index contributed by atoms with van der Waals surface area (Å²) in [6, 6.07) is 3.05. The number of rotatable bonds is 5. The number of carboxylic acids is 1. The van der Waals surface area contributed by atoms with Crippen molar-refractivity contribution in [2.75, 3.05) is 26.2 Å². The molecule has 23 heavy (non-hydrogen) atoms. The number of furan rings is 2. The van der Waals surface area contributed by atoms with Crippen LogP contribution >= 0.6 is 0 Å². The van der Waals surface area contributed by atoms with E-state index < -0.39 is 16.0 Å². The summed E-state index contributed by atoms with van der Waals surface area (Å²) in [6.45, 7) is 2.13. The van der Waals surface area contributed by atoms with Crippen molar-refractivity contribution in [1.82, 2.24) is 9.21 Å². The topological polar surface area (TPSA) is 104 Å². The lowest BCUT2D eigenvalue weighted by Gasteiger charge is -2.33. The van der Waals surface area contributed by atoms with Crippen molar-refractivity contribution in [3.05, 3.63) is 42.2 Å². The second-order valence-electron chi connectivity index (χ2n) is 5.22. The zero-order valence-corrected chi connectivity index (χ0v) is 13.0. The van der Waals surface area contributed by atoms with Crippen LogP contribution in [0.2, 0.25) is 0 Å². The van der Waals surface area contributed by atoms with Crippen LogP contribution in [0.25, 0.3) is 0 Å². The Bertz CT molecular complexity index is 772. The van der Waals surface area contributed by atoms with Crippen LogP contribution < -0.4 is 0 Å². The van der Waals surface area contributed by atoms with E-state index in [9.17, 15) is 13.2 Å². The Hall–Kier alpha value is -2.10. The SMILES string of the molecule is O=C(O)c1occc1CN1CCN(S(=O)(=O)c2ccoc2)CC1. The molecule has 1 saturated heterocycles. The highest BCUT2D eigenvalue weighted by molar-refractivity contribution is 7.89. The zero-order valence-electron chi connectivity index (χ0n) is 12.2. The summed E-state index contributed by atoms with van der Waals surface area (Å²) in [4.78, 5) is 13.2. The summed E-state index contributed by atoms with van der Waals surface area (Å²) in [7, 11) is -3.53. The van der Waals surface area contributed by atoms with Crippen LogP contribution in [-0.4, -0.2) is 54.9 Å². The Morgan fingerprint density at radius 1 is 1.17 bits per heavy atom. The first-order chi connectivity index (χ1) is 11.0. The number of nitrogens with zero attached hydrogens (tertiary/aromatic N) is 2. The maximum Gasteiger partial charge on any atom is 0.372 e. The fourth-order valence-electron chi connectivity index (χ4n) is 2.56. The minimum Gasteiger partial charge on any atom is -0.475 e. The molecule has 1 aliphatic rings. The highest BCUT2D eigenvalue weighted by Gasteiger charge is 2.29. The molecular weight excluding hydrogens is 324 g/mol. The van der Waals surface area contributed by atoms with Gasteiger partial charge in [-0.15, -0.1) is 0 Å². The lowest BCUT2D eigenvalue weighted by Crippen LogP contribution is -2.48. The van der Waals surface area contributed by atoms with E-state index in [0.29, 0.717) is 38.3 Å². The first-order valence-corrected chi connectivity index (χ1v) is 8.47. The Morgan fingerprint density at radius 2 is 1.91 bits per heavy atom. The minimum absolute atomic E-state index is 0.0709. The van der Waals surface area contributed by atoms with Crippen LogP contribution in [0.1, 0.15) is 16.1 Å². The van der Waals surface area contributed by atoms with Crippen LogP contribution in [0.4, 0.5) is 0 Å². The molecule has 3 rings (SSSR count). The molecule has 2 aromatic heterocycles. The fraction of sp³-hybridized carbons (Fsp3) is 0.357. The normalized spacial score (nSPS) is 17.4. The van der Waals surface area contributed by atoms with Crippen molar-refractivity contribution < 1.29 is 27.2 Å². The first-order valence-electron chi connectivity index (χ1n) is 7.03. The molecule has 0 unspecified atom stereocenters. The van der Waals surface area contributed by atoms with Crippen LogP contribution in [0, 0.1) is 0 Å². The summed E-state index contributed by atoms with van der Waals surface area (Å²) >= 11 is 0. The van der Waals surface area contributed by atoms with Gasteiger partial charge in [0.05, 0.1) is 12.5 Å². The molecule has 0 amide bonds. The Labute approximate surface area is 132 Å². The number of hydrogen-bond donors (Lipinski definition) is 1. The second kappa shape index (κ2) is 6.19. The van der Waals surface area contributed by atoms with Gasteiger partial charge in [0.1, 0.15) is 11.2 Å². The van der Waals surface area contributed by atoms with E-state index in [-0.39, 0.29) is 10.7 Å². The lowest BCUT2D eigenvalue weighted by atomic mass is 10.2. The average molecular weight is 340 g/mol. The molecule has 0 aromatic carbocycles. The maximum absolute atomic E-state index is 12.4. The van der Waals surface area contributed by atoms with Crippen molar-refractivity contribution in [3.63, 3.8) is 0 Å². The largest absolute Gasteiger partial charge is 0.475 e. The summed E-state index contributed by atoms with van der Waals surface area (Å²) in [5, 5.41) is 9.03. The molecule has 124 valence electrons. The van der Waals surface area contributed by atoms with Gasteiger partial charge in [0.25, 0.3) is 0 Å². The van der Waals surface area contributed by atoms with Crippen molar-refractivity contribution in [2.45, 2.75) is 11.4 Å². The first kappa shape index (κ1) is 15.8. The van der Waals surface area contributed by atoms with E-state index in [4.69, 9.17) is 13.9 Å². The summed E-state index contributed by atoms with van der Waals surface area (Å²) in [6.07, 6.45) is 3.89. The maximum atomic E-state index is 12.4. The lowest BCUT2D eigenvalue weighted by molar-refractivity contribution is 0.0658. The predicted molar refractivity (Wildman–Crippen MR) is 78.4 cm³/mol. The molecule has 3 heterocycles. The Balaban J connectivity index is 1.63. The Morgan fingerprint density at radius 3 is 2.52 bits per heavy atom. The highest BCUT2D eigenvalue weighted by Crippen LogP contribution is 2.19. The van der Waals surface area contributed by atoms with Crippen LogP contribution in [0.3, 0.4) is 0 Å². The van der Waals surface area contributed by atoms with Gasteiger partial charge < -0.3 is 13.9 Å². The second-order valence-corrected chi connectivity index (χ2v) is 7.16. The van der Waals surface area contributed by atoms with E-state index in [1.807, 2.05) is 4.90 Å². The average Bonchev–Trinajstić information content (AvgIpc) is 3.19. The quantitative estimate of drug-likeness (QED) is 0.868. The Kier molecular flexibility index (Phi) is 4.24. The van der Waals surface area contributed by atoms with Crippen molar-refractivity contribution in [1.29, 1.82) is 0 Å². The fourth-order valence-corrected chi connectivity index (χ4v) is 3.91. The van der Waals surface area contributed by atoms with Gasteiger partial charge in [0.15, 0.2) is 0 Å². The molecule has 9 heteroatoms.